The molecule has 216 valence electrons. The molecule has 0 fully saturated rings. The molecule has 0 bridgehead atoms. The molecule has 0 saturated heterocycles. The number of hydrogen-bond acceptors (Lipinski definition) is 4. The number of nitrogens with zero attached hydrogens (tertiary/aromatic N) is 1. The first-order valence-electron chi connectivity index (χ1n) is 15.4. The summed E-state index contributed by atoms with van der Waals surface area (Å²) in [5, 5.41) is 7.29. The minimum absolute atomic E-state index is 0.914. The van der Waals surface area contributed by atoms with Gasteiger partial charge in [-0.05, 0) is 59.7 Å². The summed E-state index contributed by atoms with van der Waals surface area (Å²) >= 11 is 3.70. The third-order valence-corrected chi connectivity index (χ3v) is 11.4. The first-order valence-corrected chi connectivity index (χ1v) is 17.1. The lowest BCUT2D eigenvalue weighted by Gasteiger charge is -2.26. The van der Waals surface area contributed by atoms with Crippen molar-refractivity contribution in [1.29, 1.82) is 0 Å². The summed E-state index contributed by atoms with van der Waals surface area (Å²) in [5.74, 6) is 0. The average Bonchev–Trinajstić information content (AvgIpc) is 3.80. The topological polar surface area (TPSA) is 16.4 Å². The molecule has 3 aromatic heterocycles. The smallest absolute Gasteiger partial charge is 0.144 e. The fourth-order valence-corrected chi connectivity index (χ4v) is 9.27. The lowest BCUT2D eigenvalue weighted by molar-refractivity contribution is 0.673. The Morgan fingerprint density at radius 3 is 1.89 bits per heavy atom. The Kier molecular flexibility index (Phi) is 5.65. The van der Waals surface area contributed by atoms with E-state index < -0.39 is 0 Å². The maximum absolute atomic E-state index is 6.62. The minimum Gasteiger partial charge on any atom is -0.455 e. The van der Waals surface area contributed by atoms with Crippen molar-refractivity contribution in [1.82, 2.24) is 0 Å². The Morgan fingerprint density at radius 2 is 1.07 bits per heavy atom. The van der Waals surface area contributed by atoms with Crippen LogP contribution in [-0.2, 0) is 0 Å². The van der Waals surface area contributed by atoms with Crippen LogP contribution in [0, 0.1) is 0 Å². The van der Waals surface area contributed by atoms with E-state index in [1.165, 1.54) is 51.5 Å². The summed E-state index contributed by atoms with van der Waals surface area (Å²) in [7, 11) is 0. The summed E-state index contributed by atoms with van der Waals surface area (Å²) in [6.45, 7) is 0. The highest BCUT2D eigenvalue weighted by Gasteiger charge is 2.24. The van der Waals surface area contributed by atoms with Crippen molar-refractivity contribution in [3.8, 4) is 11.1 Å². The lowest BCUT2D eigenvalue weighted by atomic mass is 10.0. The molecule has 10 aromatic rings. The highest BCUT2D eigenvalue weighted by Crippen LogP contribution is 2.50. The van der Waals surface area contributed by atoms with Crippen molar-refractivity contribution in [2.45, 2.75) is 0 Å². The van der Waals surface area contributed by atoms with Gasteiger partial charge in [-0.15, -0.1) is 22.7 Å². The molecular weight excluding hydrogens is 599 g/mol. The highest BCUT2D eigenvalue weighted by molar-refractivity contribution is 7.26. The second kappa shape index (κ2) is 10.0. The zero-order valence-electron chi connectivity index (χ0n) is 24.6. The van der Waals surface area contributed by atoms with E-state index in [9.17, 15) is 0 Å². The SMILES string of the molecule is c1ccc(-c2ccc(N(c3ccc4c(c3)sc3ccccc34)c3cc4c5ccccc5oc4c4c3sc3ccccc34)cc2)cc1. The molecule has 0 aliphatic rings. The zero-order chi connectivity index (χ0) is 30.2. The Labute approximate surface area is 273 Å². The van der Waals surface area contributed by atoms with Crippen LogP contribution in [0.5, 0.6) is 0 Å². The molecule has 7 aromatic carbocycles. The number of para-hydroxylation sites is 1. The number of rotatable bonds is 4. The monoisotopic (exact) mass is 623 g/mol. The van der Waals surface area contributed by atoms with Gasteiger partial charge in [0.2, 0.25) is 0 Å². The summed E-state index contributed by atoms with van der Waals surface area (Å²) in [6.07, 6.45) is 0. The van der Waals surface area contributed by atoms with Crippen LogP contribution in [0.3, 0.4) is 0 Å². The van der Waals surface area contributed by atoms with Crippen LogP contribution in [0.1, 0.15) is 0 Å². The molecule has 10 rings (SSSR count). The van der Waals surface area contributed by atoms with Crippen LogP contribution in [-0.4, -0.2) is 0 Å². The molecule has 0 radical (unpaired) electrons. The van der Waals surface area contributed by atoms with Crippen LogP contribution >= 0.6 is 22.7 Å². The van der Waals surface area contributed by atoms with Crippen LogP contribution in [0.25, 0.3) is 73.4 Å². The standard InChI is InChI=1S/C42H25NOS2/c1-2-10-26(11-3-1)27-18-20-28(21-19-27)43(29-22-23-32-31-13-5-8-16-37(31)45-39(32)24-29)35-25-34-30-12-4-7-15-36(30)44-41(34)40-33-14-6-9-17-38(33)46-42(35)40/h1-25H. The minimum atomic E-state index is 0.914. The number of furan rings is 1. The van der Waals surface area contributed by atoms with Crippen LogP contribution in [0.15, 0.2) is 156 Å². The van der Waals surface area contributed by atoms with Gasteiger partial charge in [0.1, 0.15) is 11.2 Å². The van der Waals surface area contributed by atoms with Gasteiger partial charge in [-0.3, -0.25) is 0 Å². The van der Waals surface area contributed by atoms with E-state index in [-0.39, 0.29) is 0 Å². The molecule has 0 N–H and O–H groups in total. The third-order valence-electron chi connectivity index (χ3n) is 9.06. The second-order valence-electron chi connectivity index (χ2n) is 11.7. The molecule has 0 aliphatic heterocycles. The van der Waals surface area contributed by atoms with E-state index in [4.69, 9.17) is 4.42 Å². The molecule has 0 unspecified atom stereocenters. The first-order chi connectivity index (χ1) is 22.8. The molecule has 0 aliphatic carbocycles. The van der Waals surface area contributed by atoms with Gasteiger partial charge in [0, 0.05) is 57.8 Å². The summed E-state index contributed by atoms with van der Waals surface area (Å²) < 4.78 is 11.7. The predicted molar refractivity (Wildman–Crippen MR) is 200 cm³/mol. The number of hydrogen-bond donors (Lipinski definition) is 0. The second-order valence-corrected chi connectivity index (χ2v) is 13.8. The van der Waals surface area contributed by atoms with Crippen molar-refractivity contribution in [2.75, 3.05) is 4.90 Å². The highest BCUT2D eigenvalue weighted by atomic mass is 32.1. The Bertz CT molecular complexity index is 2750. The quantitative estimate of drug-likeness (QED) is 0.194. The van der Waals surface area contributed by atoms with Gasteiger partial charge in [-0.1, -0.05) is 103 Å². The third kappa shape index (κ3) is 3.87. The maximum Gasteiger partial charge on any atom is 0.144 e. The van der Waals surface area contributed by atoms with Gasteiger partial charge >= 0.3 is 0 Å². The van der Waals surface area contributed by atoms with Crippen molar-refractivity contribution >= 4 is 102 Å². The van der Waals surface area contributed by atoms with Gasteiger partial charge in [-0.2, -0.15) is 0 Å². The van der Waals surface area contributed by atoms with E-state index in [0.717, 1.165) is 39.0 Å². The van der Waals surface area contributed by atoms with Crippen LogP contribution < -0.4 is 4.90 Å². The predicted octanol–water partition coefficient (Wildman–Crippen LogP) is 13.5. The normalized spacial score (nSPS) is 11.9. The van der Waals surface area contributed by atoms with Crippen molar-refractivity contribution < 1.29 is 4.42 Å². The molecule has 46 heavy (non-hydrogen) atoms. The van der Waals surface area contributed by atoms with Gasteiger partial charge < -0.3 is 9.32 Å². The molecule has 4 heteroatoms. The summed E-state index contributed by atoms with van der Waals surface area (Å²) in [5.41, 5.74) is 7.69. The fourth-order valence-electron chi connectivity index (χ4n) is 6.93. The molecule has 0 amide bonds. The number of anilines is 3. The van der Waals surface area contributed by atoms with Gasteiger partial charge in [0.05, 0.1) is 10.4 Å². The molecule has 0 spiro atoms. The van der Waals surface area contributed by atoms with Crippen molar-refractivity contribution in [2.24, 2.45) is 0 Å². The Hall–Kier alpha value is -5.42. The molecule has 0 saturated carbocycles. The van der Waals surface area contributed by atoms with E-state index in [2.05, 4.69) is 157 Å². The van der Waals surface area contributed by atoms with E-state index in [0.29, 0.717) is 0 Å². The summed E-state index contributed by atoms with van der Waals surface area (Å²) in [6, 6.07) is 54.7. The van der Waals surface area contributed by atoms with Crippen LogP contribution in [0.4, 0.5) is 17.1 Å². The van der Waals surface area contributed by atoms with Gasteiger partial charge in [-0.25, -0.2) is 0 Å². The van der Waals surface area contributed by atoms with Crippen molar-refractivity contribution in [3.05, 3.63) is 152 Å². The molecular formula is C42H25NOS2. The summed E-state index contributed by atoms with van der Waals surface area (Å²) in [4.78, 5) is 2.44. The van der Waals surface area contributed by atoms with E-state index in [1.807, 2.05) is 22.7 Å². The number of thiophene rings is 2. The first kappa shape index (κ1) is 25.9. The maximum atomic E-state index is 6.62. The van der Waals surface area contributed by atoms with Crippen LogP contribution in [0.2, 0.25) is 0 Å². The number of benzene rings is 7. The zero-order valence-corrected chi connectivity index (χ0v) is 26.2. The van der Waals surface area contributed by atoms with Gasteiger partial charge in [0.15, 0.2) is 0 Å². The van der Waals surface area contributed by atoms with Gasteiger partial charge in [0.25, 0.3) is 0 Å². The molecule has 2 nitrogen and oxygen atoms in total. The largest absolute Gasteiger partial charge is 0.455 e. The molecule has 3 heterocycles. The van der Waals surface area contributed by atoms with E-state index >= 15 is 0 Å². The average molecular weight is 624 g/mol. The van der Waals surface area contributed by atoms with Crippen molar-refractivity contribution in [3.63, 3.8) is 0 Å². The Balaban J connectivity index is 1.29. The van der Waals surface area contributed by atoms with E-state index in [1.54, 1.807) is 0 Å². The molecule has 0 atom stereocenters. The Morgan fingerprint density at radius 1 is 0.435 bits per heavy atom. The lowest BCUT2D eigenvalue weighted by Crippen LogP contribution is -2.10. The fraction of sp³-hybridized carbons (Fsp3) is 0. The number of fused-ring (bicyclic) bond motifs is 10.